The molecule has 33 heavy (non-hydrogen) atoms. The van der Waals surface area contributed by atoms with Crippen LogP contribution in [0.5, 0.6) is 0 Å². The van der Waals surface area contributed by atoms with E-state index in [2.05, 4.69) is 20.7 Å². The molecule has 2 aromatic carbocycles. The van der Waals surface area contributed by atoms with Gasteiger partial charge in [-0.05, 0) is 39.2 Å². The van der Waals surface area contributed by atoms with Crippen LogP contribution in [0.25, 0.3) is 11.4 Å². The summed E-state index contributed by atoms with van der Waals surface area (Å²) >= 11 is 0. The third-order valence-electron chi connectivity index (χ3n) is 4.75. The first-order valence-corrected chi connectivity index (χ1v) is 11.1. The summed E-state index contributed by atoms with van der Waals surface area (Å²) in [5, 5.41) is 10.3. The average Bonchev–Trinajstić information content (AvgIpc) is 3.24. The number of carbonyl (C=O) groups is 2. The molecule has 2 N–H and O–H groups in total. The van der Waals surface area contributed by atoms with Crippen LogP contribution in [0.2, 0.25) is 0 Å². The normalized spacial score (nSPS) is 12.1. The number of benzene rings is 2. The van der Waals surface area contributed by atoms with E-state index < -0.39 is 11.7 Å². The molecule has 0 bridgehead atoms. The van der Waals surface area contributed by atoms with Crippen molar-refractivity contribution >= 4 is 12.0 Å². The molecule has 0 unspecified atom stereocenters. The molecule has 0 aliphatic heterocycles. The Morgan fingerprint density at radius 2 is 1.70 bits per heavy atom. The lowest BCUT2D eigenvalue weighted by Crippen LogP contribution is -2.34. The van der Waals surface area contributed by atoms with Gasteiger partial charge in [0, 0.05) is 12.1 Å². The van der Waals surface area contributed by atoms with Gasteiger partial charge in [-0.25, -0.2) is 14.5 Å². The van der Waals surface area contributed by atoms with E-state index >= 15 is 0 Å². The van der Waals surface area contributed by atoms with Crippen LogP contribution in [0.3, 0.4) is 0 Å². The molecular formula is C25H31N5O3. The minimum atomic E-state index is -0.535. The number of ether oxygens (including phenoxy) is 1. The summed E-state index contributed by atoms with van der Waals surface area (Å²) in [5.74, 6) is 0.421. The minimum absolute atomic E-state index is 0.0688. The Bertz CT molecular complexity index is 1030. The highest BCUT2D eigenvalue weighted by Gasteiger charge is 2.18. The summed E-state index contributed by atoms with van der Waals surface area (Å²) in [5.41, 5.74) is 1.37. The van der Waals surface area contributed by atoms with Crippen molar-refractivity contribution < 1.29 is 14.3 Å². The predicted octanol–water partition coefficient (Wildman–Crippen LogP) is 4.11. The Labute approximate surface area is 194 Å². The Kier molecular flexibility index (Phi) is 8.18. The monoisotopic (exact) mass is 449 g/mol. The maximum atomic E-state index is 12.8. The number of nitrogens with one attached hydrogen (secondary N) is 2. The first-order chi connectivity index (χ1) is 15.8. The molecule has 0 spiro atoms. The fourth-order valence-electron chi connectivity index (χ4n) is 3.30. The first-order valence-electron chi connectivity index (χ1n) is 11.1. The maximum Gasteiger partial charge on any atom is 0.407 e. The van der Waals surface area contributed by atoms with Crippen molar-refractivity contribution in [2.24, 2.45) is 0 Å². The van der Waals surface area contributed by atoms with E-state index in [1.807, 2.05) is 81.4 Å². The lowest BCUT2D eigenvalue weighted by molar-refractivity contribution is -0.122. The molecule has 3 rings (SSSR count). The molecule has 1 heterocycles. The van der Waals surface area contributed by atoms with Crippen molar-refractivity contribution in [3.63, 3.8) is 0 Å². The number of hydrogen-bond acceptors (Lipinski definition) is 5. The Balaban J connectivity index is 1.55. The van der Waals surface area contributed by atoms with Crippen LogP contribution < -0.4 is 10.6 Å². The SMILES string of the molecule is CC(C)(C)OC(=O)NCCC[C@@H](NC(=O)Cn1cnc(-c2ccccc2)n1)c1ccccc1. The van der Waals surface area contributed by atoms with Gasteiger partial charge in [0.15, 0.2) is 5.82 Å². The van der Waals surface area contributed by atoms with Crippen LogP contribution in [-0.4, -0.2) is 38.9 Å². The van der Waals surface area contributed by atoms with Gasteiger partial charge in [0.1, 0.15) is 18.5 Å². The van der Waals surface area contributed by atoms with Crippen LogP contribution in [-0.2, 0) is 16.1 Å². The molecule has 0 radical (unpaired) electrons. The summed E-state index contributed by atoms with van der Waals surface area (Å²) in [7, 11) is 0. The van der Waals surface area contributed by atoms with E-state index in [9.17, 15) is 9.59 Å². The molecule has 0 aliphatic rings. The number of hydrogen-bond donors (Lipinski definition) is 2. The van der Waals surface area contributed by atoms with Crippen molar-refractivity contribution in [2.45, 2.75) is 51.8 Å². The van der Waals surface area contributed by atoms with Crippen molar-refractivity contribution in [1.29, 1.82) is 0 Å². The second-order valence-electron chi connectivity index (χ2n) is 8.73. The minimum Gasteiger partial charge on any atom is -0.444 e. The van der Waals surface area contributed by atoms with E-state index in [-0.39, 0.29) is 18.5 Å². The Morgan fingerprint density at radius 1 is 1.03 bits per heavy atom. The molecule has 174 valence electrons. The van der Waals surface area contributed by atoms with Crippen molar-refractivity contribution in [3.05, 3.63) is 72.6 Å². The van der Waals surface area contributed by atoms with Gasteiger partial charge in [0.25, 0.3) is 0 Å². The lowest BCUT2D eigenvalue weighted by Gasteiger charge is -2.21. The molecule has 2 amide bonds. The molecule has 0 fully saturated rings. The fourth-order valence-corrected chi connectivity index (χ4v) is 3.30. The number of rotatable bonds is 9. The fraction of sp³-hybridized carbons (Fsp3) is 0.360. The molecule has 1 atom stereocenters. The third kappa shape index (κ3) is 8.07. The summed E-state index contributed by atoms with van der Waals surface area (Å²) in [4.78, 5) is 28.9. The molecule has 3 aromatic rings. The third-order valence-corrected chi connectivity index (χ3v) is 4.75. The number of aromatic nitrogens is 3. The molecule has 8 heteroatoms. The van der Waals surface area contributed by atoms with Crippen LogP contribution in [0.4, 0.5) is 4.79 Å². The van der Waals surface area contributed by atoms with Crippen molar-refractivity contribution in [2.75, 3.05) is 6.54 Å². The number of carbonyl (C=O) groups excluding carboxylic acids is 2. The van der Waals surface area contributed by atoms with Crippen LogP contribution in [0, 0.1) is 0 Å². The largest absolute Gasteiger partial charge is 0.444 e. The summed E-state index contributed by atoms with van der Waals surface area (Å²) < 4.78 is 6.79. The summed E-state index contributed by atoms with van der Waals surface area (Å²) in [6.45, 7) is 6.00. The summed E-state index contributed by atoms with van der Waals surface area (Å²) in [6.07, 6.45) is 2.46. The Hall–Kier alpha value is -3.68. The number of amides is 2. The van der Waals surface area contributed by atoms with Gasteiger partial charge >= 0.3 is 6.09 Å². The van der Waals surface area contributed by atoms with Gasteiger partial charge in [-0.1, -0.05) is 60.7 Å². The highest BCUT2D eigenvalue weighted by atomic mass is 16.6. The predicted molar refractivity (Wildman–Crippen MR) is 126 cm³/mol. The summed E-state index contributed by atoms with van der Waals surface area (Å²) in [6, 6.07) is 19.2. The zero-order chi connectivity index (χ0) is 23.7. The molecule has 8 nitrogen and oxygen atoms in total. The number of alkyl carbamates (subject to hydrolysis) is 1. The highest BCUT2D eigenvalue weighted by molar-refractivity contribution is 5.76. The smallest absolute Gasteiger partial charge is 0.407 e. The van der Waals surface area contributed by atoms with Gasteiger partial charge < -0.3 is 15.4 Å². The maximum absolute atomic E-state index is 12.8. The van der Waals surface area contributed by atoms with Crippen LogP contribution in [0.1, 0.15) is 45.2 Å². The van der Waals surface area contributed by atoms with Crippen molar-refractivity contribution in [3.8, 4) is 11.4 Å². The van der Waals surface area contributed by atoms with E-state index in [1.165, 1.54) is 4.68 Å². The standard InChI is InChI=1S/C25H31N5O3/c1-25(2,3)33-24(32)26-16-10-15-21(19-11-6-4-7-12-19)28-22(31)17-30-18-27-23(29-30)20-13-8-5-9-14-20/h4-9,11-14,18,21H,10,15-17H2,1-3H3,(H,26,32)(H,28,31)/t21-/m1/s1. The Morgan fingerprint density at radius 3 is 2.36 bits per heavy atom. The average molecular weight is 450 g/mol. The molecule has 0 saturated heterocycles. The molecule has 0 aliphatic carbocycles. The highest BCUT2D eigenvalue weighted by Crippen LogP contribution is 2.18. The molecule has 0 saturated carbocycles. The van der Waals surface area contributed by atoms with E-state index in [4.69, 9.17) is 4.74 Å². The van der Waals surface area contributed by atoms with Gasteiger partial charge in [-0.15, -0.1) is 0 Å². The topological polar surface area (TPSA) is 98.1 Å². The molecule has 1 aromatic heterocycles. The second kappa shape index (κ2) is 11.3. The quantitative estimate of drug-likeness (QED) is 0.479. The zero-order valence-corrected chi connectivity index (χ0v) is 19.3. The van der Waals surface area contributed by atoms with Gasteiger partial charge in [0.05, 0.1) is 6.04 Å². The number of nitrogens with zero attached hydrogens (tertiary/aromatic N) is 3. The second-order valence-corrected chi connectivity index (χ2v) is 8.73. The van der Waals surface area contributed by atoms with Gasteiger partial charge in [-0.2, -0.15) is 5.10 Å². The van der Waals surface area contributed by atoms with E-state index in [1.54, 1.807) is 6.33 Å². The van der Waals surface area contributed by atoms with Gasteiger partial charge in [-0.3, -0.25) is 4.79 Å². The van der Waals surface area contributed by atoms with E-state index in [0.717, 1.165) is 11.1 Å². The lowest BCUT2D eigenvalue weighted by atomic mass is 10.0. The van der Waals surface area contributed by atoms with Gasteiger partial charge in [0.2, 0.25) is 5.91 Å². The molecular weight excluding hydrogens is 418 g/mol. The van der Waals surface area contributed by atoms with Crippen LogP contribution >= 0.6 is 0 Å². The van der Waals surface area contributed by atoms with E-state index in [0.29, 0.717) is 25.2 Å². The van der Waals surface area contributed by atoms with Crippen molar-refractivity contribution in [1.82, 2.24) is 25.4 Å². The zero-order valence-electron chi connectivity index (χ0n) is 19.3. The van der Waals surface area contributed by atoms with Crippen LogP contribution in [0.15, 0.2) is 67.0 Å². The first kappa shape index (κ1) is 24.0.